The number of hydrogen-bond donors (Lipinski definition) is 1. The average molecular weight is 280 g/mol. The standard InChI is InChI=1S/C8H9IOS/c1-11-5-6-4-7(10)2-3-8(6)9/h2-4,10H,5H2,1H3. The quantitative estimate of drug-likeness (QED) is 0.841. The second-order valence-electron chi connectivity index (χ2n) is 2.21. The van der Waals surface area contributed by atoms with Crippen LogP contribution in [0.4, 0.5) is 0 Å². The maximum absolute atomic E-state index is 9.15. The van der Waals surface area contributed by atoms with Gasteiger partial charge in [-0.3, -0.25) is 0 Å². The molecule has 0 amide bonds. The number of rotatable bonds is 2. The molecule has 0 aromatic heterocycles. The molecular weight excluding hydrogens is 271 g/mol. The van der Waals surface area contributed by atoms with Gasteiger partial charge in [-0.05, 0) is 52.6 Å². The summed E-state index contributed by atoms with van der Waals surface area (Å²) in [4.78, 5) is 0. The van der Waals surface area contributed by atoms with Crippen molar-refractivity contribution < 1.29 is 5.11 Å². The summed E-state index contributed by atoms with van der Waals surface area (Å²) in [7, 11) is 0. The highest BCUT2D eigenvalue weighted by Crippen LogP contribution is 2.21. The highest BCUT2D eigenvalue weighted by Gasteiger charge is 1.98. The molecule has 1 nitrogen and oxygen atoms in total. The number of hydrogen-bond acceptors (Lipinski definition) is 2. The van der Waals surface area contributed by atoms with E-state index in [0.29, 0.717) is 5.75 Å². The minimum atomic E-state index is 0.356. The van der Waals surface area contributed by atoms with Crippen LogP contribution >= 0.6 is 34.4 Å². The summed E-state index contributed by atoms with van der Waals surface area (Å²) in [6.45, 7) is 0. The van der Waals surface area contributed by atoms with Crippen molar-refractivity contribution in [2.75, 3.05) is 6.26 Å². The molecule has 1 rings (SSSR count). The summed E-state index contributed by atoms with van der Waals surface area (Å²) in [6.07, 6.45) is 2.06. The van der Waals surface area contributed by atoms with Crippen molar-refractivity contribution in [3.63, 3.8) is 0 Å². The summed E-state index contributed by atoms with van der Waals surface area (Å²) >= 11 is 4.04. The van der Waals surface area contributed by atoms with Gasteiger partial charge in [0, 0.05) is 9.32 Å². The monoisotopic (exact) mass is 280 g/mol. The summed E-state index contributed by atoms with van der Waals surface area (Å²) in [5.41, 5.74) is 1.21. The van der Waals surface area contributed by atoms with E-state index in [1.807, 2.05) is 12.1 Å². The Morgan fingerprint density at radius 1 is 1.55 bits per heavy atom. The highest BCUT2D eigenvalue weighted by atomic mass is 127. The van der Waals surface area contributed by atoms with Crippen LogP contribution in [0.1, 0.15) is 5.56 Å². The van der Waals surface area contributed by atoms with Crippen molar-refractivity contribution in [3.05, 3.63) is 27.3 Å². The topological polar surface area (TPSA) is 20.2 Å². The molecular formula is C8H9IOS. The first-order valence-electron chi connectivity index (χ1n) is 3.20. The number of phenolic OH excluding ortho intramolecular Hbond substituents is 1. The molecule has 1 aromatic rings. The van der Waals surface area contributed by atoms with Crippen LogP contribution in [0.2, 0.25) is 0 Å². The summed E-state index contributed by atoms with van der Waals surface area (Å²) in [6, 6.07) is 5.46. The summed E-state index contributed by atoms with van der Waals surface area (Å²) in [5, 5.41) is 9.15. The molecule has 0 heterocycles. The lowest BCUT2D eigenvalue weighted by molar-refractivity contribution is 0.474. The summed E-state index contributed by atoms with van der Waals surface area (Å²) < 4.78 is 1.22. The Kier molecular flexibility index (Phi) is 3.51. The molecule has 0 aliphatic carbocycles. The first-order chi connectivity index (χ1) is 5.24. The molecule has 0 saturated carbocycles. The minimum absolute atomic E-state index is 0.356. The molecule has 0 saturated heterocycles. The third kappa shape index (κ3) is 2.56. The Hall–Kier alpha value is 0.100. The van der Waals surface area contributed by atoms with Gasteiger partial charge >= 0.3 is 0 Å². The maximum atomic E-state index is 9.15. The van der Waals surface area contributed by atoms with E-state index in [0.717, 1.165) is 5.75 Å². The lowest BCUT2D eigenvalue weighted by atomic mass is 10.2. The van der Waals surface area contributed by atoms with Gasteiger partial charge in [0.1, 0.15) is 5.75 Å². The van der Waals surface area contributed by atoms with E-state index >= 15 is 0 Å². The van der Waals surface area contributed by atoms with Gasteiger partial charge in [-0.15, -0.1) is 0 Å². The molecule has 0 aliphatic heterocycles. The van der Waals surface area contributed by atoms with Gasteiger partial charge in [-0.25, -0.2) is 0 Å². The fourth-order valence-corrected chi connectivity index (χ4v) is 2.16. The van der Waals surface area contributed by atoms with E-state index in [4.69, 9.17) is 5.11 Å². The highest BCUT2D eigenvalue weighted by molar-refractivity contribution is 14.1. The molecule has 0 atom stereocenters. The van der Waals surface area contributed by atoms with Crippen molar-refractivity contribution in [2.24, 2.45) is 0 Å². The van der Waals surface area contributed by atoms with Gasteiger partial charge in [0.2, 0.25) is 0 Å². The van der Waals surface area contributed by atoms with E-state index in [-0.39, 0.29) is 0 Å². The number of thioether (sulfide) groups is 1. The van der Waals surface area contributed by atoms with Gasteiger partial charge in [-0.2, -0.15) is 11.8 Å². The van der Waals surface area contributed by atoms with Crippen LogP contribution in [0.25, 0.3) is 0 Å². The van der Waals surface area contributed by atoms with E-state index in [1.165, 1.54) is 9.13 Å². The van der Waals surface area contributed by atoms with Crippen LogP contribution in [0.15, 0.2) is 18.2 Å². The second-order valence-corrected chi connectivity index (χ2v) is 4.24. The molecule has 0 unspecified atom stereocenters. The zero-order valence-corrected chi connectivity index (χ0v) is 9.15. The number of benzene rings is 1. The van der Waals surface area contributed by atoms with Gasteiger partial charge in [0.15, 0.2) is 0 Å². The molecule has 0 radical (unpaired) electrons. The fourth-order valence-electron chi connectivity index (χ4n) is 0.827. The first kappa shape index (κ1) is 9.19. The molecule has 0 fully saturated rings. The Balaban J connectivity index is 2.93. The van der Waals surface area contributed by atoms with Crippen LogP contribution in [0.5, 0.6) is 5.75 Å². The lowest BCUT2D eigenvalue weighted by Gasteiger charge is -2.01. The molecule has 60 valence electrons. The zero-order chi connectivity index (χ0) is 8.27. The van der Waals surface area contributed by atoms with Gasteiger partial charge in [0.25, 0.3) is 0 Å². The summed E-state index contributed by atoms with van der Waals surface area (Å²) in [5.74, 6) is 1.32. The average Bonchev–Trinajstić information content (AvgIpc) is 1.98. The van der Waals surface area contributed by atoms with E-state index in [1.54, 1.807) is 17.8 Å². The molecule has 0 aliphatic rings. The Morgan fingerprint density at radius 3 is 2.91 bits per heavy atom. The van der Waals surface area contributed by atoms with Crippen molar-refractivity contribution in [1.29, 1.82) is 0 Å². The number of phenols is 1. The van der Waals surface area contributed by atoms with Crippen LogP contribution in [-0.4, -0.2) is 11.4 Å². The molecule has 1 N–H and O–H groups in total. The Morgan fingerprint density at radius 2 is 2.27 bits per heavy atom. The third-order valence-corrected chi connectivity index (χ3v) is 2.98. The fraction of sp³-hybridized carbons (Fsp3) is 0.250. The van der Waals surface area contributed by atoms with Crippen LogP contribution in [0.3, 0.4) is 0 Å². The van der Waals surface area contributed by atoms with Gasteiger partial charge < -0.3 is 5.11 Å². The molecule has 1 aromatic carbocycles. The second kappa shape index (κ2) is 4.21. The van der Waals surface area contributed by atoms with Crippen LogP contribution in [0, 0.1) is 3.57 Å². The van der Waals surface area contributed by atoms with Crippen molar-refractivity contribution in [3.8, 4) is 5.75 Å². The molecule has 0 bridgehead atoms. The van der Waals surface area contributed by atoms with E-state index < -0.39 is 0 Å². The Bertz CT molecular complexity index is 250. The predicted octanol–water partition coefficient (Wildman–Crippen LogP) is 2.86. The molecule has 11 heavy (non-hydrogen) atoms. The van der Waals surface area contributed by atoms with Crippen molar-refractivity contribution in [1.82, 2.24) is 0 Å². The Labute approximate surface area is 84.3 Å². The van der Waals surface area contributed by atoms with Crippen molar-refractivity contribution >= 4 is 34.4 Å². The largest absolute Gasteiger partial charge is 0.508 e. The SMILES string of the molecule is CSCc1cc(O)ccc1I. The molecule has 3 heteroatoms. The zero-order valence-electron chi connectivity index (χ0n) is 6.17. The maximum Gasteiger partial charge on any atom is 0.115 e. The first-order valence-corrected chi connectivity index (χ1v) is 5.67. The van der Waals surface area contributed by atoms with Gasteiger partial charge in [-0.1, -0.05) is 0 Å². The minimum Gasteiger partial charge on any atom is -0.508 e. The number of aromatic hydroxyl groups is 1. The third-order valence-electron chi connectivity index (χ3n) is 1.33. The van der Waals surface area contributed by atoms with Crippen LogP contribution < -0.4 is 0 Å². The van der Waals surface area contributed by atoms with E-state index in [2.05, 4.69) is 28.8 Å². The van der Waals surface area contributed by atoms with Crippen molar-refractivity contribution in [2.45, 2.75) is 5.75 Å². The van der Waals surface area contributed by atoms with Gasteiger partial charge in [0.05, 0.1) is 0 Å². The smallest absolute Gasteiger partial charge is 0.115 e. The van der Waals surface area contributed by atoms with Crippen LogP contribution in [-0.2, 0) is 5.75 Å². The number of halogens is 1. The normalized spacial score (nSPS) is 10.0. The lowest BCUT2D eigenvalue weighted by Crippen LogP contribution is -1.84. The van der Waals surface area contributed by atoms with E-state index in [9.17, 15) is 0 Å². The predicted molar refractivity (Wildman–Crippen MR) is 58.0 cm³/mol. The molecule has 0 spiro atoms.